The Morgan fingerprint density at radius 1 is 1.26 bits per heavy atom. The zero-order chi connectivity index (χ0) is 16.7. The summed E-state index contributed by atoms with van der Waals surface area (Å²) in [6.07, 6.45) is -0.807. The average molecular weight is 334 g/mol. The minimum absolute atomic E-state index is 0.120. The lowest BCUT2D eigenvalue weighted by Gasteiger charge is -2.13. The molecule has 0 aromatic heterocycles. The van der Waals surface area contributed by atoms with Crippen molar-refractivity contribution in [3.05, 3.63) is 64.7 Å². The second-order valence-electron chi connectivity index (χ2n) is 4.98. The van der Waals surface area contributed by atoms with Gasteiger partial charge in [0.05, 0.1) is 13.2 Å². The molecule has 0 fully saturated rings. The predicted molar refractivity (Wildman–Crippen MR) is 93.7 cm³/mol. The zero-order valence-electron chi connectivity index (χ0n) is 12.9. The molecule has 23 heavy (non-hydrogen) atoms. The number of hydrogen-bond donors (Lipinski definition) is 3. The molecule has 6 heteroatoms. The van der Waals surface area contributed by atoms with Crippen molar-refractivity contribution >= 4 is 23.2 Å². The van der Waals surface area contributed by atoms with Crippen LogP contribution in [0.2, 0.25) is 5.02 Å². The van der Waals surface area contributed by atoms with Crippen molar-refractivity contribution in [2.24, 2.45) is 10.7 Å². The highest BCUT2D eigenvalue weighted by atomic mass is 35.5. The number of aliphatic imine (C=N–C) groups is 1. The van der Waals surface area contributed by atoms with Crippen molar-refractivity contribution < 1.29 is 9.84 Å². The lowest BCUT2D eigenvalue weighted by molar-refractivity contribution is 0.185. The van der Waals surface area contributed by atoms with E-state index < -0.39 is 6.10 Å². The number of nitrogens with one attached hydrogen (secondary N) is 1. The van der Waals surface area contributed by atoms with E-state index in [0.717, 1.165) is 11.3 Å². The minimum Gasteiger partial charge on any atom is -0.386 e. The number of hydrogen-bond acceptors (Lipinski definition) is 3. The molecule has 2 aromatic carbocycles. The quantitative estimate of drug-likeness (QED) is 0.561. The van der Waals surface area contributed by atoms with E-state index in [1.54, 1.807) is 19.2 Å². The van der Waals surface area contributed by atoms with Crippen molar-refractivity contribution in [2.45, 2.75) is 12.7 Å². The fourth-order valence-electron chi connectivity index (χ4n) is 2.13. The highest BCUT2D eigenvalue weighted by Gasteiger charge is 2.10. The Balaban J connectivity index is 2.02. The van der Waals surface area contributed by atoms with Crippen LogP contribution in [-0.4, -0.2) is 24.7 Å². The molecule has 0 saturated carbocycles. The first-order valence-corrected chi connectivity index (χ1v) is 7.56. The summed E-state index contributed by atoms with van der Waals surface area (Å²) in [4.78, 5) is 4.17. The van der Waals surface area contributed by atoms with Crippen LogP contribution in [0.25, 0.3) is 0 Å². The fraction of sp³-hybridized carbons (Fsp3) is 0.235. The van der Waals surface area contributed by atoms with E-state index in [9.17, 15) is 5.11 Å². The summed E-state index contributed by atoms with van der Waals surface area (Å²) in [6.45, 7) is 0.591. The smallest absolute Gasteiger partial charge is 0.193 e. The lowest BCUT2D eigenvalue weighted by atomic mass is 10.1. The second-order valence-corrected chi connectivity index (χ2v) is 5.39. The van der Waals surface area contributed by atoms with Crippen molar-refractivity contribution in [1.29, 1.82) is 0 Å². The molecule has 2 aromatic rings. The van der Waals surface area contributed by atoms with E-state index >= 15 is 0 Å². The Morgan fingerprint density at radius 2 is 1.96 bits per heavy atom. The number of aliphatic hydroxyl groups is 1. The van der Waals surface area contributed by atoms with Crippen LogP contribution in [-0.2, 0) is 11.3 Å². The van der Waals surface area contributed by atoms with Crippen LogP contribution >= 0.6 is 11.6 Å². The summed E-state index contributed by atoms with van der Waals surface area (Å²) < 4.78 is 5.14. The number of benzene rings is 2. The molecule has 0 heterocycles. The van der Waals surface area contributed by atoms with Gasteiger partial charge in [-0.05, 0) is 12.1 Å². The molecule has 0 amide bonds. The molecule has 122 valence electrons. The Labute approximate surface area is 140 Å². The summed E-state index contributed by atoms with van der Waals surface area (Å²) in [7, 11) is 1.63. The topological polar surface area (TPSA) is 79.9 Å². The number of methoxy groups -OCH3 is 1. The second kappa shape index (κ2) is 8.53. The molecular weight excluding hydrogens is 314 g/mol. The van der Waals surface area contributed by atoms with E-state index in [0.29, 0.717) is 17.2 Å². The first-order valence-electron chi connectivity index (χ1n) is 7.18. The monoisotopic (exact) mass is 333 g/mol. The Bertz CT molecular complexity index is 676. The molecule has 5 nitrogen and oxygen atoms in total. The van der Waals surface area contributed by atoms with Crippen molar-refractivity contribution in [3.8, 4) is 0 Å². The summed E-state index contributed by atoms with van der Waals surface area (Å²) >= 11 is 6.05. The third-order valence-electron chi connectivity index (χ3n) is 3.28. The van der Waals surface area contributed by atoms with Crippen LogP contribution < -0.4 is 11.1 Å². The normalized spacial score (nSPS) is 12.9. The molecule has 1 unspecified atom stereocenters. The van der Waals surface area contributed by atoms with E-state index in [4.69, 9.17) is 22.1 Å². The number of guanidine groups is 1. The summed E-state index contributed by atoms with van der Waals surface area (Å²) in [5.74, 6) is 0.222. The van der Waals surface area contributed by atoms with Gasteiger partial charge >= 0.3 is 0 Å². The van der Waals surface area contributed by atoms with Gasteiger partial charge in [-0.2, -0.15) is 0 Å². The molecule has 0 spiro atoms. The number of aliphatic hydroxyl groups excluding tert-OH is 1. The SMILES string of the molecule is COCc1ccccc1NC(N)=NCC(O)c1ccccc1Cl. The summed E-state index contributed by atoms with van der Waals surface area (Å²) in [5.41, 5.74) is 8.31. The van der Waals surface area contributed by atoms with Gasteiger partial charge < -0.3 is 20.9 Å². The average Bonchev–Trinajstić information content (AvgIpc) is 2.55. The Morgan fingerprint density at radius 3 is 2.70 bits per heavy atom. The molecular formula is C17H20ClN3O2. The maximum absolute atomic E-state index is 10.2. The zero-order valence-corrected chi connectivity index (χ0v) is 13.6. The fourth-order valence-corrected chi connectivity index (χ4v) is 2.39. The molecule has 1 atom stereocenters. The molecule has 0 bridgehead atoms. The number of para-hydroxylation sites is 1. The van der Waals surface area contributed by atoms with Crippen LogP contribution in [0.5, 0.6) is 0 Å². The minimum atomic E-state index is -0.807. The number of rotatable bonds is 6. The van der Waals surface area contributed by atoms with Gasteiger partial charge in [0.15, 0.2) is 5.96 Å². The van der Waals surface area contributed by atoms with Gasteiger partial charge in [-0.1, -0.05) is 48.0 Å². The van der Waals surface area contributed by atoms with Crippen LogP contribution in [0, 0.1) is 0 Å². The number of nitrogens with two attached hydrogens (primary N) is 1. The van der Waals surface area contributed by atoms with E-state index in [1.807, 2.05) is 36.4 Å². The number of nitrogens with zero attached hydrogens (tertiary/aromatic N) is 1. The molecule has 0 aliphatic heterocycles. The highest BCUT2D eigenvalue weighted by molar-refractivity contribution is 6.31. The predicted octanol–water partition coefficient (Wildman–Crippen LogP) is 2.95. The van der Waals surface area contributed by atoms with Crippen molar-refractivity contribution in [2.75, 3.05) is 19.0 Å². The maximum Gasteiger partial charge on any atom is 0.193 e. The van der Waals surface area contributed by atoms with Crippen LogP contribution in [0.3, 0.4) is 0 Å². The molecule has 0 radical (unpaired) electrons. The van der Waals surface area contributed by atoms with Gasteiger partial charge in [0.2, 0.25) is 0 Å². The standard InChI is InChI=1S/C17H20ClN3O2/c1-23-11-12-6-2-5-9-15(12)21-17(19)20-10-16(22)13-7-3-4-8-14(13)18/h2-9,16,22H,10-11H2,1H3,(H3,19,20,21). The summed E-state index contributed by atoms with van der Waals surface area (Å²) in [6, 6.07) is 14.8. The van der Waals surface area contributed by atoms with E-state index in [1.165, 1.54) is 0 Å². The van der Waals surface area contributed by atoms with Crippen LogP contribution in [0.4, 0.5) is 5.69 Å². The number of anilines is 1. The molecule has 0 aliphatic carbocycles. The first kappa shape index (κ1) is 17.3. The van der Waals surface area contributed by atoms with Gasteiger partial charge in [0.25, 0.3) is 0 Å². The highest BCUT2D eigenvalue weighted by Crippen LogP contribution is 2.22. The third kappa shape index (κ3) is 4.96. The van der Waals surface area contributed by atoms with Gasteiger partial charge in [-0.3, -0.25) is 4.99 Å². The van der Waals surface area contributed by atoms with Crippen molar-refractivity contribution in [3.63, 3.8) is 0 Å². The number of ether oxygens (including phenoxy) is 1. The van der Waals surface area contributed by atoms with Gasteiger partial charge in [-0.15, -0.1) is 0 Å². The van der Waals surface area contributed by atoms with Crippen LogP contribution in [0.1, 0.15) is 17.2 Å². The lowest BCUT2D eigenvalue weighted by Crippen LogP contribution is -2.24. The van der Waals surface area contributed by atoms with Gasteiger partial charge in [-0.25, -0.2) is 0 Å². The Hall–Kier alpha value is -2.08. The molecule has 2 rings (SSSR count). The number of halogens is 1. The molecule has 0 saturated heterocycles. The van der Waals surface area contributed by atoms with Crippen molar-refractivity contribution in [1.82, 2.24) is 0 Å². The van der Waals surface area contributed by atoms with Gasteiger partial charge in [0, 0.05) is 28.9 Å². The van der Waals surface area contributed by atoms with E-state index in [2.05, 4.69) is 10.3 Å². The first-order chi connectivity index (χ1) is 11.1. The maximum atomic E-state index is 10.2. The molecule has 0 aliphatic rings. The summed E-state index contributed by atoms with van der Waals surface area (Å²) in [5, 5.41) is 13.7. The Kier molecular flexibility index (Phi) is 6.40. The van der Waals surface area contributed by atoms with E-state index in [-0.39, 0.29) is 12.5 Å². The molecule has 4 N–H and O–H groups in total. The largest absolute Gasteiger partial charge is 0.386 e. The van der Waals surface area contributed by atoms with Gasteiger partial charge in [0.1, 0.15) is 6.10 Å². The third-order valence-corrected chi connectivity index (χ3v) is 3.62. The van der Waals surface area contributed by atoms with Crippen LogP contribution in [0.15, 0.2) is 53.5 Å².